The molecule has 108 valence electrons. The maximum atomic E-state index is 5.08. The van der Waals surface area contributed by atoms with Crippen molar-refractivity contribution >= 4 is 0 Å². The summed E-state index contributed by atoms with van der Waals surface area (Å²) in [6.45, 7) is 12.3. The zero-order valence-corrected chi connectivity index (χ0v) is 13.1. The Bertz CT molecular complexity index is 381. The molecule has 19 heavy (non-hydrogen) atoms. The van der Waals surface area contributed by atoms with Gasteiger partial charge in [-0.3, -0.25) is 0 Å². The second-order valence-corrected chi connectivity index (χ2v) is 5.43. The van der Waals surface area contributed by atoms with E-state index in [1.54, 1.807) is 7.11 Å². The molecule has 1 rings (SSSR count). The molecular weight excluding hydrogens is 238 g/mol. The van der Waals surface area contributed by atoms with E-state index in [4.69, 9.17) is 4.74 Å². The van der Waals surface area contributed by atoms with Crippen LogP contribution in [0.15, 0.2) is 0 Å². The number of ether oxygens (including phenoxy) is 1. The fourth-order valence-corrected chi connectivity index (χ4v) is 2.33. The number of nitrogens with one attached hydrogen (secondary N) is 1. The molecule has 1 aromatic heterocycles. The van der Waals surface area contributed by atoms with Gasteiger partial charge >= 0.3 is 0 Å². The van der Waals surface area contributed by atoms with Gasteiger partial charge in [-0.1, -0.05) is 20.8 Å². The predicted octanol–water partition coefficient (Wildman–Crippen LogP) is 2.38. The van der Waals surface area contributed by atoms with Gasteiger partial charge in [-0.25, -0.2) is 9.97 Å². The first-order chi connectivity index (χ1) is 8.95. The molecule has 1 heterocycles. The van der Waals surface area contributed by atoms with Crippen molar-refractivity contribution in [2.45, 2.75) is 53.0 Å². The summed E-state index contributed by atoms with van der Waals surface area (Å²) in [6, 6.07) is 0.505. The summed E-state index contributed by atoms with van der Waals surface area (Å²) >= 11 is 0. The quantitative estimate of drug-likeness (QED) is 0.822. The smallest absolute Gasteiger partial charge is 0.131 e. The van der Waals surface area contributed by atoms with E-state index < -0.39 is 0 Å². The van der Waals surface area contributed by atoms with E-state index in [9.17, 15) is 0 Å². The van der Waals surface area contributed by atoms with Crippen LogP contribution < -0.4 is 5.32 Å². The minimum atomic E-state index is 0.430. The molecule has 1 N–H and O–H groups in total. The number of nitrogens with zero attached hydrogens (tertiary/aromatic N) is 2. The summed E-state index contributed by atoms with van der Waals surface area (Å²) in [5, 5.41) is 3.47. The molecule has 0 saturated carbocycles. The molecule has 0 bridgehead atoms. The zero-order valence-electron chi connectivity index (χ0n) is 13.1. The molecule has 1 unspecified atom stereocenters. The van der Waals surface area contributed by atoms with Gasteiger partial charge in [0.25, 0.3) is 0 Å². The molecule has 0 aromatic carbocycles. The van der Waals surface area contributed by atoms with Gasteiger partial charge in [0.05, 0.1) is 6.61 Å². The van der Waals surface area contributed by atoms with Crippen LogP contribution in [0, 0.1) is 13.8 Å². The SMILES string of the molecule is COCCc1nc(C)c(C(C)CNC(C)C)c(C)n1. The van der Waals surface area contributed by atoms with Crippen molar-refractivity contribution in [3.05, 3.63) is 22.8 Å². The van der Waals surface area contributed by atoms with Gasteiger partial charge in [0.2, 0.25) is 0 Å². The molecule has 0 aliphatic carbocycles. The monoisotopic (exact) mass is 265 g/mol. The zero-order chi connectivity index (χ0) is 14.4. The Balaban J connectivity index is 2.83. The molecule has 4 heteroatoms. The van der Waals surface area contributed by atoms with Crippen molar-refractivity contribution in [1.29, 1.82) is 0 Å². The summed E-state index contributed by atoms with van der Waals surface area (Å²) in [5.74, 6) is 1.31. The molecule has 0 spiro atoms. The van der Waals surface area contributed by atoms with E-state index in [2.05, 4.69) is 49.9 Å². The Morgan fingerprint density at radius 3 is 2.16 bits per heavy atom. The van der Waals surface area contributed by atoms with Gasteiger partial charge in [-0.05, 0) is 25.3 Å². The van der Waals surface area contributed by atoms with Gasteiger partial charge in [0.15, 0.2) is 0 Å². The lowest BCUT2D eigenvalue weighted by atomic mass is 9.97. The second kappa shape index (κ2) is 7.56. The first kappa shape index (κ1) is 16.1. The molecule has 4 nitrogen and oxygen atoms in total. The number of rotatable bonds is 7. The van der Waals surface area contributed by atoms with E-state index >= 15 is 0 Å². The topological polar surface area (TPSA) is 47.0 Å². The highest BCUT2D eigenvalue weighted by atomic mass is 16.5. The van der Waals surface area contributed by atoms with E-state index in [1.165, 1.54) is 5.56 Å². The molecular formula is C15H27N3O. The fraction of sp³-hybridized carbons (Fsp3) is 0.733. The molecule has 0 amide bonds. The largest absolute Gasteiger partial charge is 0.384 e. The average Bonchev–Trinajstić information content (AvgIpc) is 2.33. The minimum Gasteiger partial charge on any atom is -0.384 e. The molecule has 0 saturated heterocycles. The van der Waals surface area contributed by atoms with Crippen LogP contribution in [0.25, 0.3) is 0 Å². The van der Waals surface area contributed by atoms with Gasteiger partial charge in [0, 0.05) is 37.5 Å². The summed E-state index contributed by atoms with van der Waals surface area (Å²) in [7, 11) is 1.70. The number of hydrogen-bond donors (Lipinski definition) is 1. The van der Waals surface area contributed by atoms with Crippen LogP contribution >= 0.6 is 0 Å². The van der Waals surface area contributed by atoms with Crippen LogP contribution in [0.3, 0.4) is 0 Å². The summed E-state index contributed by atoms with van der Waals surface area (Å²) < 4.78 is 5.08. The summed E-state index contributed by atoms with van der Waals surface area (Å²) in [4.78, 5) is 9.20. The average molecular weight is 265 g/mol. The molecule has 0 aliphatic heterocycles. The van der Waals surface area contributed by atoms with Gasteiger partial charge in [0.1, 0.15) is 5.82 Å². The van der Waals surface area contributed by atoms with Crippen molar-refractivity contribution in [3.8, 4) is 0 Å². The van der Waals surface area contributed by atoms with Crippen LogP contribution in [0.5, 0.6) is 0 Å². The molecule has 0 aliphatic rings. The standard InChI is InChI=1S/C15H27N3O/c1-10(2)16-9-11(3)15-12(4)17-14(7-8-19-6)18-13(15)5/h10-11,16H,7-9H2,1-6H3. The van der Waals surface area contributed by atoms with Crippen molar-refractivity contribution in [2.24, 2.45) is 0 Å². The highest BCUT2D eigenvalue weighted by Crippen LogP contribution is 2.21. The van der Waals surface area contributed by atoms with Crippen molar-refractivity contribution in [2.75, 3.05) is 20.3 Å². The number of aromatic nitrogens is 2. The lowest BCUT2D eigenvalue weighted by molar-refractivity contribution is 0.200. The van der Waals surface area contributed by atoms with E-state index in [0.717, 1.165) is 30.2 Å². The van der Waals surface area contributed by atoms with Crippen LogP contribution in [0.4, 0.5) is 0 Å². The lowest BCUT2D eigenvalue weighted by Crippen LogP contribution is -2.28. The van der Waals surface area contributed by atoms with Crippen molar-refractivity contribution in [3.63, 3.8) is 0 Å². The molecule has 0 radical (unpaired) electrons. The number of aryl methyl sites for hydroxylation is 2. The highest BCUT2D eigenvalue weighted by Gasteiger charge is 2.15. The third-order valence-corrected chi connectivity index (χ3v) is 3.23. The van der Waals surface area contributed by atoms with Crippen LogP contribution in [0.2, 0.25) is 0 Å². The Morgan fingerprint density at radius 2 is 1.68 bits per heavy atom. The summed E-state index contributed by atoms with van der Waals surface area (Å²) in [5.41, 5.74) is 3.46. The van der Waals surface area contributed by atoms with Gasteiger partial charge in [-0.15, -0.1) is 0 Å². The lowest BCUT2D eigenvalue weighted by Gasteiger charge is -2.19. The predicted molar refractivity (Wildman–Crippen MR) is 78.6 cm³/mol. The van der Waals surface area contributed by atoms with E-state index in [1.807, 2.05) is 0 Å². The molecule has 1 atom stereocenters. The Hall–Kier alpha value is -1.00. The van der Waals surface area contributed by atoms with Crippen LogP contribution in [0.1, 0.15) is 49.5 Å². The third kappa shape index (κ3) is 4.88. The first-order valence-corrected chi connectivity index (χ1v) is 7.02. The Morgan fingerprint density at radius 1 is 1.11 bits per heavy atom. The third-order valence-electron chi connectivity index (χ3n) is 3.23. The van der Waals surface area contributed by atoms with Crippen LogP contribution in [-0.2, 0) is 11.2 Å². The maximum absolute atomic E-state index is 5.08. The first-order valence-electron chi connectivity index (χ1n) is 7.02. The van der Waals surface area contributed by atoms with Gasteiger partial charge in [-0.2, -0.15) is 0 Å². The van der Waals surface area contributed by atoms with E-state index in [0.29, 0.717) is 18.6 Å². The maximum Gasteiger partial charge on any atom is 0.131 e. The van der Waals surface area contributed by atoms with E-state index in [-0.39, 0.29) is 0 Å². The van der Waals surface area contributed by atoms with Crippen molar-refractivity contribution < 1.29 is 4.74 Å². The highest BCUT2D eigenvalue weighted by molar-refractivity contribution is 5.28. The Labute approximate surface area is 117 Å². The minimum absolute atomic E-state index is 0.430. The number of methoxy groups -OCH3 is 1. The molecule has 1 aromatic rings. The normalized spacial score (nSPS) is 13.0. The van der Waals surface area contributed by atoms with Gasteiger partial charge < -0.3 is 10.1 Å². The Kier molecular flexibility index (Phi) is 6.38. The number of hydrogen-bond acceptors (Lipinski definition) is 4. The fourth-order valence-electron chi connectivity index (χ4n) is 2.33. The second-order valence-electron chi connectivity index (χ2n) is 5.43. The molecule has 0 fully saturated rings. The van der Waals surface area contributed by atoms with Crippen molar-refractivity contribution in [1.82, 2.24) is 15.3 Å². The summed E-state index contributed by atoms with van der Waals surface area (Å²) in [6.07, 6.45) is 0.775. The van der Waals surface area contributed by atoms with Crippen LogP contribution in [-0.4, -0.2) is 36.3 Å².